The molecule has 0 saturated heterocycles. The number of nitrogens with zero attached hydrogens (tertiary/aromatic N) is 4. The number of alkyl halides is 2. The minimum atomic E-state index is -2.79. The van der Waals surface area contributed by atoms with Crippen molar-refractivity contribution in [3.63, 3.8) is 0 Å². The van der Waals surface area contributed by atoms with E-state index in [0.717, 1.165) is 4.68 Å². The first-order valence-corrected chi connectivity index (χ1v) is 10.5. The third-order valence-corrected chi connectivity index (χ3v) is 5.36. The number of ether oxygens (including phenoxy) is 2. The van der Waals surface area contributed by atoms with Crippen LogP contribution in [0.1, 0.15) is 23.4 Å². The molecule has 0 aliphatic heterocycles. The molecule has 30 heavy (non-hydrogen) atoms. The Morgan fingerprint density at radius 2 is 2.00 bits per heavy atom. The molecule has 0 amide bonds. The van der Waals surface area contributed by atoms with Crippen LogP contribution in [-0.4, -0.2) is 34.5 Å². The molecule has 0 atom stereocenters. The minimum absolute atomic E-state index is 0.149. The van der Waals surface area contributed by atoms with Gasteiger partial charge in [0.05, 0.1) is 18.3 Å². The zero-order valence-electron chi connectivity index (χ0n) is 15.9. The average Bonchev–Trinajstić information content (AvgIpc) is 3.16. The molecule has 1 heterocycles. The van der Waals surface area contributed by atoms with E-state index in [2.05, 4.69) is 15.3 Å². The van der Waals surface area contributed by atoms with Crippen LogP contribution in [0.2, 0.25) is 10.0 Å². The molecule has 6 nitrogen and oxygen atoms in total. The number of hydrogen-bond acceptors (Lipinski definition) is 6. The van der Waals surface area contributed by atoms with Crippen molar-refractivity contribution in [3.05, 3.63) is 63.4 Å². The largest absolute Gasteiger partial charge is 0.496 e. The average molecular weight is 473 g/mol. The summed E-state index contributed by atoms with van der Waals surface area (Å²) >= 11 is 13.3. The first-order valence-electron chi connectivity index (χ1n) is 8.50. The molecule has 0 unspecified atom stereocenters. The monoisotopic (exact) mass is 472 g/mol. The number of aromatic nitrogens is 3. The Bertz CT molecular complexity index is 1060. The van der Waals surface area contributed by atoms with Crippen LogP contribution in [0.3, 0.4) is 0 Å². The van der Waals surface area contributed by atoms with Crippen LogP contribution in [0.15, 0.2) is 46.7 Å². The Kier molecular flexibility index (Phi) is 7.52. The number of benzene rings is 2. The summed E-state index contributed by atoms with van der Waals surface area (Å²) < 4.78 is 38.4. The fourth-order valence-corrected chi connectivity index (χ4v) is 3.30. The molecule has 3 rings (SSSR count). The van der Waals surface area contributed by atoms with Gasteiger partial charge in [-0.3, -0.25) is 0 Å². The molecule has 2 aromatic carbocycles. The summed E-state index contributed by atoms with van der Waals surface area (Å²) in [5.41, 5.74) is 1.35. The maximum Gasteiger partial charge on any atom is 0.299 e. The highest BCUT2D eigenvalue weighted by Crippen LogP contribution is 2.32. The van der Waals surface area contributed by atoms with Crippen LogP contribution < -0.4 is 9.47 Å². The van der Waals surface area contributed by atoms with E-state index in [1.807, 2.05) is 0 Å². The summed E-state index contributed by atoms with van der Waals surface area (Å²) in [6, 6.07) is 10.3. The van der Waals surface area contributed by atoms with Crippen molar-refractivity contribution in [3.8, 4) is 11.5 Å². The fraction of sp³-hybridized carbons (Fsp3) is 0.211. The third-order valence-electron chi connectivity index (χ3n) is 3.94. The van der Waals surface area contributed by atoms with Crippen molar-refractivity contribution in [1.29, 1.82) is 0 Å². The first kappa shape index (κ1) is 22.3. The van der Waals surface area contributed by atoms with Gasteiger partial charge in [-0.05, 0) is 42.2 Å². The zero-order chi connectivity index (χ0) is 21.7. The Balaban J connectivity index is 1.85. The molecular weight excluding hydrogens is 457 g/mol. The van der Waals surface area contributed by atoms with Gasteiger partial charge < -0.3 is 9.47 Å². The standard InChI is InChI=1S/C19H16Cl2F2N4O2S/c1-28-14-7-6-11(9-24-27-18(17(22)23)25-26-19(27)30-2)8-12(14)10-29-15-5-3-4-13(20)16(15)21/h3-9,17H,10H2,1-2H3/b24-9+. The van der Waals surface area contributed by atoms with Gasteiger partial charge in [-0.25, -0.2) is 8.78 Å². The molecule has 0 N–H and O–H groups in total. The normalized spacial score (nSPS) is 11.4. The summed E-state index contributed by atoms with van der Waals surface area (Å²) in [4.78, 5) is 0. The van der Waals surface area contributed by atoms with Crippen molar-refractivity contribution >= 4 is 41.2 Å². The number of halogens is 4. The van der Waals surface area contributed by atoms with Gasteiger partial charge in [0, 0.05) is 5.56 Å². The maximum atomic E-state index is 13.1. The van der Waals surface area contributed by atoms with E-state index in [0.29, 0.717) is 32.7 Å². The summed E-state index contributed by atoms with van der Waals surface area (Å²) in [6.45, 7) is 0.149. The lowest BCUT2D eigenvalue weighted by Gasteiger charge is -2.12. The number of hydrogen-bond donors (Lipinski definition) is 0. The van der Waals surface area contributed by atoms with Crippen LogP contribution in [0, 0.1) is 0 Å². The summed E-state index contributed by atoms with van der Waals surface area (Å²) in [5, 5.41) is 12.3. The quantitative estimate of drug-likeness (QED) is 0.310. The predicted molar refractivity (Wildman–Crippen MR) is 114 cm³/mol. The first-order chi connectivity index (χ1) is 14.4. The minimum Gasteiger partial charge on any atom is -0.496 e. The number of rotatable bonds is 8. The maximum absolute atomic E-state index is 13.1. The second kappa shape index (κ2) is 10.1. The smallest absolute Gasteiger partial charge is 0.299 e. The molecule has 0 saturated carbocycles. The molecule has 3 aromatic rings. The second-order valence-electron chi connectivity index (χ2n) is 5.81. The van der Waals surface area contributed by atoms with Crippen molar-refractivity contribution in [1.82, 2.24) is 14.9 Å². The predicted octanol–water partition coefficient (Wildman–Crippen LogP) is 5.71. The molecule has 0 bridgehead atoms. The highest BCUT2D eigenvalue weighted by Gasteiger charge is 2.19. The van der Waals surface area contributed by atoms with Crippen LogP contribution in [-0.2, 0) is 6.61 Å². The van der Waals surface area contributed by atoms with Crippen LogP contribution >= 0.6 is 35.0 Å². The molecule has 1 aromatic heterocycles. The van der Waals surface area contributed by atoms with E-state index in [-0.39, 0.29) is 11.8 Å². The summed E-state index contributed by atoms with van der Waals surface area (Å²) in [5.74, 6) is 0.497. The van der Waals surface area contributed by atoms with Crippen LogP contribution in [0.25, 0.3) is 0 Å². The lowest BCUT2D eigenvalue weighted by molar-refractivity contribution is 0.135. The van der Waals surface area contributed by atoms with E-state index < -0.39 is 12.2 Å². The van der Waals surface area contributed by atoms with E-state index in [9.17, 15) is 8.78 Å². The lowest BCUT2D eigenvalue weighted by atomic mass is 10.1. The van der Waals surface area contributed by atoms with E-state index >= 15 is 0 Å². The van der Waals surface area contributed by atoms with Gasteiger partial charge in [0.25, 0.3) is 6.43 Å². The Morgan fingerprint density at radius 3 is 2.70 bits per heavy atom. The third kappa shape index (κ3) is 5.03. The SMILES string of the molecule is COc1ccc(/C=N/n2c(SC)nnc2C(F)F)cc1COc1cccc(Cl)c1Cl. The van der Waals surface area contributed by atoms with Crippen molar-refractivity contribution in [2.75, 3.05) is 13.4 Å². The summed E-state index contributed by atoms with van der Waals surface area (Å²) in [7, 11) is 1.54. The Labute approximate surface area is 185 Å². The Morgan fingerprint density at radius 1 is 1.20 bits per heavy atom. The van der Waals surface area contributed by atoms with Crippen LogP contribution in [0.4, 0.5) is 8.78 Å². The van der Waals surface area contributed by atoms with Gasteiger partial charge in [0.1, 0.15) is 23.1 Å². The lowest BCUT2D eigenvalue weighted by Crippen LogP contribution is -2.02. The molecular formula is C19H16Cl2F2N4O2S. The van der Waals surface area contributed by atoms with E-state index in [1.165, 1.54) is 25.1 Å². The molecule has 158 valence electrons. The number of thioether (sulfide) groups is 1. The highest BCUT2D eigenvalue weighted by atomic mass is 35.5. The molecule has 0 aliphatic rings. The summed E-state index contributed by atoms with van der Waals surface area (Å²) in [6.07, 6.45) is 0.345. The molecule has 11 heteroatoms. The van der Waals surface area contributed by atoms with Gasteiger partial charge >= 0.3 is 0 Å². The second-order valence-corrected chi connectivity index (χ2v) is 7.37. The molecule has 0 spiro atoms. The number of methoxy groups -OCH3 is 1. The fourth-order valence-electron chi connectivity index (χ4n) is 2.52. The highest BCUT2D eigenvalue weighted by molar-refractivity contribution is 7.98. The van der Waals surface area contributed by atoms with Crippen molar-refractivity contribution < 1.29 is 18.3 Å². The Hall–Kier alpha value is -2.36. The van der Waals surface area contributed by atoms with Gasteiger partial charge in [0.15, 0.2) is 0 Å². The van der Waals surface area contributed by atoms with Crippen molar-refractivity contribution in [2.24, 2.45) is 5.10 Å². The van der Waals surface area contributed by atoms with Gasteiger partial charge in [-0.15, -0.1) is 10.2 Å². The van der Waals surface area contributed by atoms with Crippen LogP contribution in [0.5, 0.6) is 11.5 Å². The molecule has 0 fully saturated rings. The topological polar surface area (TPSA) is 61.5 Å². The van der Waals surface area contributed by atoms with Crippen molar-refractivity contribution in [2.45, 2.75) is 18.2 Å². The van der Waals surface area contributed by atoms with E-state index in [4.69, 9.17) is 32.7 Å². The van der Waals surface area contributed by atoms with Gasteiger partial charge in [0.2, 0.25) is 11.0 Å². The van der Waals surface area contributed by atoms with E-state index in [1.54, 1.807) is 42.7 Å². The molecule has 0 radical (unpaired) electrons. The molecule has 0 aliphatic carbocycles. The van der Waals surface area contributed by atoms with Gasteiger partial charge in [-0.1, -0.05) is 41.0 Å². The zero-order valence-corrected chi connectivity index (χ0v) is 18.2. The van der Waals surface area contributed by atoms with Gasteiger partial charge in [-0.2, -0.15) is 9.78 Å².